The molecule has 3 aromatic heterocycles. The van der Waals surface area contributed by atoms with Gasteiger partial charge in [-0.2, -0.15) is 0 Å². The van der Waals surface area contributed by atoms with Crippen molar-refractivity contribution in [1.82, 2.24) is 24.5 Å². The van der Waals surface area contributed by atoms with Crippen LogP contribution in [0.15, 0.2) is 61.3 Å². The quantitative estimate of drug-likeness (QED) is 0.583. The third kappa shape index (κ3) is 3.45. The molecule has 7 nitrogen and oxygen atoms in total. The highest BCUT2D eigenvalue weighted by Gasteiger charge is 2.12. The van der Waals surface area contributed by atoms with Gasteiger partial charge in [-0.05, 0) is 36.2 Å². The fourth-order valence-corrected chi connectivity index (χ4v) is 2.69. The number of anilines is 1. The van der Waals surface area contributed by atoms with Crippen molar-refractivity contribution in [2.45, 2.75) is 6.92 Å². The number of amides is 1. The molecule has 0 aliphatic rings. The average Bonchev–Trinajstić information content (AvgIpc) is 3.32. The van der Waals surface area contributed by atoms with E-state index in [0.29, 0.717) is 17.3 Å². The minimum atomic E-state index is -0.338. The van der Waals surface area contributed by atoms with Gasteiger partial charge < -0.3 is 10.3 Å². The van der Waals surface area contributed by atoms with Gasteiger partial charge >= 0.3 is 0 Å². The van der Waals surface area contributed by atoms with Gasteiger partial charge in [0, 0.05) is 24.7 Å². The normalized spacial score (nSPS) is 10.7. The van der Waals surface area contributed by atoms with Crippen LogP contribution in [0.25, 0.3) is 16.9 Å². The van der Waals surface area contributed by atoms with Crippen molar-refractivity contribution in [2.75, 3.05) is 5.32 Å². The molecule has 0 radical (unpaired) electrons. The minimum Gasteiger partial charge on any atom is -0.357 e. The monoisotopic (exact) mass is 362 g/mol. The number of aryl methyl sites for hydroxylation is 1. The maximum atomic E-state index is 13.0. The molecule has 0 aliphatic heterocycles. The number of aromatic nitrogens is 5. The summed E-state index contributed by atoms with van der Waals surface area (Å²) < 4.78 is 14.8. The second-order valence-corrected chi connectivity index (χ2v) is 5.87. The Labute approximate surface area is 153 Å². The fourth-order valence-electron chi connectivity index (χ4n) is 2.69. The molecule has 1 aromatic carbocycles. The predicted molar refractivity (Wildman–Crippen MR) is 98.0 cm³/mol. The molecule has 0 bridgehead atoms. The first-order chi connectivity index (χ1) is 13.1. The van der Waals surface area contributed by atoms with E-state index in [-0.39, 0.29) is 11.7 Å². The lowest BCUT2D eigenvalue weighted by atomic mass is 10.1. The molecule has 0 atom stereocenters. The number of carbonyl (C=O) groups is 1. The third-order valence-corrected chi connectivity index (χ3v) is 4.07. The summed E-state index contributed by atoms with van der Waals surface area (Å²) in [6, 6.07) is 9.43. The topological polar surface area (TPSA) is 88.5 Å². The number of rotatable bonds is 4. The largest absolute Gasteiger partial charge is 0.357 e. The number of nitrogens with one attached hydrogen (secondary N) is 2. The highest BCUT2D eigenvalue weighted by molar-refractivity contribution is 6.03. The maximum Gasteiger partial charge on any atom is 0.273 e. The van der Waals surface area contributed by atoms with Crippen molar-refractivity contribution in [3.8, 4) is 16.9 Å². The summed E-state index contributed by atoms with van der Waals surface area (Å²) in [5, 5.41) is 2.74. The zero-order valence-corrected chi connectivity index (χ0v) is 14.3. The van der Waals surface area contributed by atoms with Crippen molar-refractivity contribution >= 4 is 11.7 Å². The van der Waals surface area contributed by atoms with E-state index >= 15 is 0 Å². The van der Waals surface area contributed by atoms with Gasteiger partial charge in [0.05, 0.1) is 0 Å². The van der Waals surface area contributed by atoms with Gasteiger partial charge in [0.1, 0.15) is 35.3 Å². The summed E-state index contributed by atoms with van der Waals surface area (Å²) in [7, 11) is 0. The van der Waals surface area contributed by atoms with Gasteiger partial charge in [-0.1, -0.05) is 12.1 Å². The lowest BCUT2D eigenvalue weighted by Gasteiger charge is -2.06. The number of nitrogens with zero attached hydrogens (tertiary/aromatic N) is 4. The molecule has 0 unspecified atom stereocenters. The highest BCUT2D eigenvalue weighted by atomic mass is 19.1. The Kier molecular flexibility index (Phi) is 4.21. The zero-order valence-electron chi connectivity index (χ0n) is 14.3. The number of halogens is 1. The molecule has 0 fully saturated rings. The van der Waals surface area contributed by atoms with Crippen LogP contribution in [-0.2, 0) is 0 Å². The lowest BCUT2D eigenvalue weighted by Crippen LogP contribution is -2.14. The van der Waals surface area contributed by atoms with Gasteiger partial charge in [-0.15, -0.1) is 0 Å². The Morgan fingerprint density at radius 1 is 1.11 bits per heavy atom. The molecule has 0 saturated carbocycles. The molecular formula is C19H15FN6O. The number of benzene rings is 1. The van der Waals surface area contributed by atoms with E-state index in [9.17, 15) is 9.18 Å². The summed E-state index contributed by atoms with van der Waals surface area (Å²) in [5.41, 5.74) is 1.97. The van der Waals surface area contributed by atoms with Crippen molar-refractivity contribution < 1.29 is 9.18 Å². The number of hydrogen-bond acceptors (Lipinski definition) is 4. The Bertz CT molecular complexity index is 1100. The lowest BCUT2D eigenvalue weighted by molar-refractivity contribution is 0.102. The third-order valence-electron chi connectivity index (χ3n) is 4.07. The van der Waals surface area contributed by atoms with E-state index in [0.717, 1.165) is 17.0 Å². The highest BCUT2D eigenvalue weighted by Crippen LogP contribution is 2.21. The van der Waals surface area contributed by atoms with E-state index in [2.05, 4.69) is 25.3 Å². The molecule has 0 aliphatic carbocycles. The van der Waals surface area contributed by atoms with Crippen LogP contribution < -0.4 is 5.32 Å². The summed E-state index contributed by atoms with van der Waals surface area (Å²) in [6.07, 6.45) is 6.53. The molecule has 134 valence electrons. The molecule has 27 heavy (non-hydrogen) atoms. The standard InChI is InChI=1S/C19H15FN6O/c1-12-21-6-7-26(12)18-9-17(23-11-24-18)25-19(27)16-8-14(10-22-16)13-2-4-15(20)5-3-13/h2-11,22H,1H3,(H,23,24,25,27). The van der Waals surface area contributed by atoms with E-state index < -0.39 is 0 Å². The van der Waals surface area contributed by atoms with E-state index in [4.69, 9.17) is 0 Å². The van der Waals surface area contributed by atoms with E-state index in [1.165, 1.54) is 18.5 Å². The number of aromatic amines is 1. The summed E-state index contributed by atoms with van der Waals surface area (Å²) >= 11 is 0. The summed E-state index contributed by atoms with van der Waals surface area (Å²) in [6.45, 7) is 1.86. The summed E-state index contributed by atoms with van der Waals surface area (Å²) in [4.78, 5) is 27.9. The molecule has 0 saturated heterocycles. The zero-order chi connectivity index (χ0) is 18.8. The maximum absolute atomic E-state index is 13.0. The van der Waals surface area contributed by atoms with Crippen LogP contribution >= 0.6 is 0 Å². The first-order valence-electron chi connectivity index (χ1n) is 8.18. The minimum absolute atomic E-state index is 0.306. The van der Waals surface area contributed by atoms with Gasteiger partial charge in [0.25, 0.3) is 5.91 Å². The molecule has 0 spiro atoms. The number of imidazole rings is 1. The Morgan fingerprint density at radius 3 is 2.67 bits per heavy atom. The van der Waals surface area contributed by atoms with Crippen molar-refractivity contribution in [2.24, 2.45) is 0 Å². The van der Waals surface area contributed by atoms with Gasteiger partial charge in [0.15, 0.2) is 0 Å². The second-order valence-electron chi connectivity index (χ2n) is 5.87. The van der Waals surface area contributed by atoms with E-state index in [1.807, 2.05) is 6.92 Å². The van der Waals surface area contributed by atoms with Crippen LogP contribution in [0.5, 0.6) is 0 Å². The van der Waals surface area contributed by atoms with Gasteiger partial charge in [-0.3, -0.25) is 9.36 Å². The van der Waals surface area contributed by atoms with Gasteiger partial charge in [0.2, 0.25) is 0 Å². The van der Waals surface area contributed by atoms with Crippen LogP contribution in [0.2, 0.25) is 0 Å². The molecule has 2 N–H and O–H groups in total. The molecule has 1 amide bonds. The predicted octanol–water partition coefficient (Wildman–Crippen LogP) is 3.36. The SMILES string of the molecule is Cc1nccn1-c1cc(NC(=O)c2cc(-c3ccc(F)cc3)c[nH]2)ncn1. The first kappa shape index (κ1) is 16.6. The fraction of sp³-hybridized carbons (Fsp3) is 0.0526. The Balaban J connectivity index is 1.53. The molecule has 3 heterocycles. The van der Waals surface area contributed by atoms with Crippen molar-refractivity contribution in [3.05, 3.63) is 78.7 Å². The van der Waals surface area contributed by atoms with Gasteiger partial charge in [-0.25, -0.2) is 19.3 Å². The Morgan fingerprint density at radius 2 is 1.93 bits per heavy atom. The number of H-pyrrole nitrogens is 1. The summed E-state index contributed by atoms with van der Waals surface area (Å²) in [5.74, 6) is 1.11. The number of hydrogen-bond donors (Lipinski definition) is 2. The second kappa shape index (κ2) is 6.83. The van der Waals surface area contributed by atoms with Crippen molar-refractivity contribution in [1.29, 1.82) is 0 Å². The molecule has 4 aromatic rings. The van der Waals surface area contributed by atoms with Crippen LogP contribution in [-0.4, -0.2) is 30.4 Å². The van der Waals surface area contributed by atoms with Crippen molar-refractivity contribution in [3.63, 3.8) is 0 Å². The smallest absolute Gasteiger partial charge is 0.273 e. The van der Waals surface area contributed by atoms with Crippen LogP contribution in [0.4, 0.5) is 10.2 Å². The Hall–Kier alpha value is -3.81. The van der Waals surface area contributed by atoms with Crippen LogP contribution in [0, 0.1) is 12.7 Å². The molecule has 4 rings (SSSR count). The van der Waals surface area contributed by atoms with E-state index in [1.54, 1.807) is 47.4 Å². The van der Waals surface area contributed by atoms with Crippen LogP contribution in [0.3, 0.4) is 0 Å². The number of carbonyl (C=O) groups excluding carboxylic acids is 1. The molecule has 8 heteroatoms. The first-order valence-corrected chi connectivity index (χ1v) is 8.18. The average molecular weight is 362 g/mol. The molecular weight excluding hydrogens is 347 g/mol. The van der Waals surface area contributed by atoms with Crippen LogP contribution in [0.1, 0.15) is 16.3 Å².